The molecule has 3 aromatic rings. The van der Waals surface area contributed by atoms with Gasteiger partial charge in [-0.05, 0) is 41.7 Å². The molecule has 26 heavy (non-hydrogen) atoms. The maximum absolute atomic E-state index is 14.4. The van der Waals surface area contributed by atoms with Gasteiger partial charge in [0.1, 0.15) is 11.6 Å². The van der Waals surface area contributed by atoms with Gasteiger partial charge >= 0.3 is 0 Å². The van der Waals surface area contributed by atoms with Gasteiger partial charge in [0, 0.05) is 16.1 Å². The van der Waals surface area contributed by atoms with Crippen molar-refractivity contribution in [1.29, 1.82) is 0 Å². The highest BCUT2D eigenvalue weighted by atomic mass is 35.5. The van der Waals surface area contributed by atoms with Gasteiger partial charge in [-0.1, -0.05) is 79.2 Å². The summed E-state index contributed by atoms with van der Waals surface area (Å²) in [6.45, 7) is 2.13. The van der Waals surface area contributed by atoms with E-state index in [1.54, 1.807) is 36.4 Å². The molecule has 3 rings (SSSR count). The lowest BCUT2D eigenvalue weighted by molar-refractivity contribution is 0.620. The summed E-state index contributed by atoms with van der Waals surface area (Å²) in [7, 11) is 0. The molecule has 3 heteroatoms. The van der Waals surface area contributed by atoms with Crippen LogP contribution in [0.3, 0.4) is 0 Å². The van der Waals surface area contributed by atoms with Crippen LogP contribution in [-0.4, -0.2) is 0 Å². The van der Waals surface area contributed by atoms with Crippen LogP contribution in [0.15, 0.2) is 66.7 Å². The first-order valence-electron chi connectivity index (χ1n) is 8.49. The van der Waals surface area contributed by atoms with Crippen LogP contribution >= 0.6 is 11.6 Å². The fourth-order valence-corrected chi connectivity index (χ4v) is 3.06. The fraction of sp³-hybridized carbons (Fsp3) is 0.130. The lowest BCUT2D eigenvalue weighted by Gasteiger charge is -2.12. The zero-order valence-corrected chi connectivity index (χ0v) is 15.2. The van der Waals surface area contributed by atoms with Crippen molar-refractivity contribution in [1.82, 2.24) is 0 Å². The topological polar surface area (TPSA) is 0 Å². The second kappa shape index (κ2) is 8.29. The molecule has 0 nitrogen and oxygen atoms in total. The molecule has 0 unspecified atom stereocenters. The lowest BCUT2D eigenvalue weighted by Crippen LogP contribution is -1.99. The minimum absolute atomic E-state index is 0.306. The molecule has 0 aromatic heterocycles. The van der Waals surface area contributed by atoms with Gasteiger partial charge in [0.05, 0.1) is 0 Å². The fourth-order valence-electron chi connectivity index (χ4n) is 2.90. The molecule has 0 radical (unpaired) electrons. The molecule has 0 heterocycles. The molecular weight excluding hydrogens is 350 g/mol. The largest absolute Gasteiger partial charge is 0.206 e. The zero-order valence-electron chi connectivity index (χ0n) is 14.4. The van der Waals surface area contributed by atoms with Crippen LogP contribution in [0, 0.1) is 11.6 Å². The molecule has 0 fully saturated rings. The van der Waals surface area contributed by atoms with E-state index in [0.29, 0.717) is 22.1 Å². The number of hydrogen-bond donors (Lipinski definition) is 0. The summed E-state index contributed by atoms with van der Waals surface area (Å²) in [5, 5.41) is 0.336. The Kier molecular flexibility index (Phi) is 5.85. The number of benzene rings is 3. The molecule has 0 aliphatic heterocycles. The van der Waals surface area contributed by atoms with Gasteiger partial charge in [-0.3, -0.25) is 0 Å². The smallest absolute Gasteiger partial charge is 0.131 e. The summed E-state index contributed by atoms with van der Waals surface area (Å²) in [6, 6.07) is 19.8. The van der Waals surface area contributed by atoms with Gasteiger partial charge in [-0.2, -0.15) is 0 Å². The Morgan fingerprint density at radius 1 is 0.846 bits per heavy atom. The van der Waals surface area contributed by atoms with Crippen molar-refractivity contribution in [3.05, 3.63) is 106 Å². The quantitative estimate of drug-likeness (QED) is 0.420. The van der Waals surface area contributed by atoms with E-state index in [2.05, 4.69) is 19.1 Å². The normalized spacial score (nSPS) is 12.5. The van der Waals surface area contributed by atoms with Gasteiger partial charge in [0.25, 0.3) is 0 Å². The van der Waals surface area contributed by atoms with Crippen molar-refractivity contribution < 1.29 is 8.78 Å². The second-order valence-corrected chi connectivity index (χ2v) is 6.81. The molecule has 1 atom stereocenters. The van der Waals surface area contributed by atoms with E-state index in [9.17, 15) is 8.78 Å². The van der Waals surface area contributed by atoms with Crippen LogP contribution in [0.2, 0.25) is 5.02 Å². The summed E-state index contributed by atoms with van der Waals surface area (Å²) in [5.74, 6) is -0.434. The first-order chi connectivity index (χ1) is 12.5. The van der Waals surface area contributed by atoms with E-state index in [0.717, 1.165) is 12.0 Å². The molecule has 0 amide bonds. The minimum atomic E-state index is -0.428. The van der Waals surface area contributed by atoms with Crippen molar-refractivity contribution >= 4 is 23.8 Å². The third-order valence-corrected chi connectivity index (χ3v) is 4.62. The van der Waals surface area contributed by atoms with Crippen LogP contribution < -0.4 is 0 Å². The molecule has 0 bridgehead atoms. The Morgan fingerprint density at radius 3 is 2.08 bits per heavy atom. The maximum atomic E-state index is 14.4. The Hall–Kier alpha value is -2.45. The molecule has 0 spiro atoms. The van der Waals surface area contributed by atoms with Crippen LogP contribution in [0.4, 0.5) is 8.78 Å². The summed E-state index contributed by atoms with van der Waals surface area (Å²) in [4.78, 5) is 0. The first-order valence-corrected chi connectivity index (χ1v) is 8.87. The molecule has 3 aromatic carbocycles. The van der Waals surface area contributed by atoms with Crippen molar-refractivity contribution in [2.75, 3.05) is 0 Å². The van der Waals surface area contributed by atoms with E-state index < -0.39 is 5.82 Å². The van der Waals surface area contributed by atoms with Gasteiger partial charge in [0.15, 0.2) is 0 Å². The lowest BCUT2D eigenvalue weighted by atomic mass is 9.93. The Balaban J connectivity index is 1.74. The molecule has 0 saturated heterocycles. The van der Waals surface area contributed by atoms with Crippen molar-refractivity contribution in [2.24, 2.45) is 0 Å². The first kappa shape index (κ1) is 18.3. The van der Waals surface area contributed by atoms with Crippen LogP contribution in [0.1, 0.15) is 35.1 Å². The van der Waals surface area contributed by atoms with Gasteiger partial charge in [-0.25, -0.2) is 8.78 Å². The predicted molar refractivity (Wildman–Crippen MR) is 105 cm³/mol. The molecule has 0 aliphatic rings. The molecule has 132 valence electrons. The number of halogens is 3. The highest BCUT2D eigenvalue weighted by molar-refractivity contribution is 6.30. The summed E-state index contributed by atoms with van der Waals surface area (Å²) < 4.78 is 28.2. The molecule has 0 N–H and O–H groups in total. The van der Waals surface area contributed by atoms with E-state index in [4.69, 9.17) is 11.6 Å². The van der Waals surface area contributed by atoms with Crippen LogP contribution in [0.5, 0.6) is 0 Å². The van der Waals surface area contributed by atoms with Gasteiger partial charge < -0.3 is 0 Å². The Bertz CT molecular complexity index is 917. The number of rotatable bonds is 5. The van der Waals surface area contributed by atoms with E-state index >= 15 is 0 Å². The Labute approximate surface area is 157 Å². The third-order valence-electron chi connectivity index (χ3n) is 4.38. The minimum Gasteiger partial charge on any atom is -0.206 e. The van der Waals surface area contributed by atoms with E-state index in [1.807, 2.05) is 24.3 Å². The molecule has 0 saturated carbocycles. The van der Waals surface area contributed by atoms with Gasteiger partial charge in [-0.15, -0.1) is 0 Å². The average molecular weight is 369 g/mol. The SMILES string of the molecule is C[C@@H](Cc1ccc(C=Cc2ccc(Cl)cc2F)c(F)c1)c1ccccc1. The van der Waals surface area contributed by atoms with Crippen molar-refractivity contribution in [2.45, 2.75) is 19.3 Å². The highest BCUT2D eigenvalue weighted by Crippen LogP contribution is 2.23. The third kappa shape index (κ3) is 4.59. The monoisotopic (exact) mass is 368 g/mol. The average Bonchev–Trinajstić information content (AvgIpc) is 2.63. The molecule has 0 aliphatic carbocycles. The van der Waals surface area contributed by atoms with E-state index in [-0.39, 0.29) is 5.82 Å². The standard InChI is InChI=1S/C23H19ClF2/c1-16(18-5-3-2-4-6-18)13-17-7-8-19(22(25)14-17)9-10-20-11-12-21(24)15-23(20)26/h2-12,14-16H,13H2,1H3/t16-/m0/s1. The van der Waals surface area contributed by atoms with Crippen LogP contribution in [-0.2, 0) is 6.42 Å². The maximum Gasteiger partial charge on any atom is 0.131 e. The molecular formula is C23H19ClF2. The van der Waals surface area contributed by atoms with Crippen LogP contribution in [0.25, 0.3) is 12.2 Å². The summed E-state index contributed by atoms with van der Waals surface area (Å²) in [6.07, 6.45) is 3.89. The van der Waals surface area contributed by atoms with Crippen molar-refractivity contribution in [3.63, 3.8) is 0 Å². The van der Waals surface area contributed by atoms with Gasteiger partial charge in [0.2, 0.25) is 0 Å². The zero-order chi connectivity index (χ0) is 18.5. The number of hydrogen-bond acceptors (Lipinski definition) is 0. The highest BCUT2D eigenvalue weighted by Gasteiger charge is 2.08. The van der Waals surface area contributed by atoms with E-state index in [1.165, 1.54) is 11.6 Å². The Morgan fingerprint density at radius 2 is 1.46 bits per heavy atom. The van der Waals surface area contributed by atoms with Crippen molar-refractivity contribution in [3.8, 4) is 0 Å². The summed E-state index contributed by atoms with van der Waals surface area (Å²) in [5.41, 5.74) is 2.97. The predicted octanol–water partition coefficient (Wildman–Crippen LogP) is 7.13. The second-order valence-electron chi connectivity index (χ2n) is 6.37. The summed E-state index contributed by atoms with van der Waals surface area (Å²) >= 11 is 5.74.